The molecule has 0 radical (unpaired) electrons. The zero-order chi connectivity index (χ0) is 19.3. The van der Waals surface area contributed by atoms with Crippen LogP contribution in [0.3, 0.4) is 0 Å². The van der Waals surface area contributed by atoms with Crippen LogP contribution in [0.25, 0.3) is 10.9 Å². The number of aromatic nitrogens is 1. The van der Waals surface area contributed by atoms with Gasteiger partial charge in [0.2, 0.25) is 0 Å². The van der Waals surface area contributed by atoms with E-state index in [4.69, 9.17) is 23.2 Å². The molecule has 4 rings (SSSR count). The van der Waals surface area contributed by atoms with Crippen LogP contribution in [0.2, 0.25) is 10.0 Å². The van der Waals surface area contributed by atoms with Gasteiger partial charge in [-0.05, 0) is 62.2 Å². The van der Waals surface area contributed by atoms with Crippen molar-refractivity contribution in [3.8, 4) is 0 Å². The number of hydrogen-bond donors (Lipinski definition) is 3. The van der Waals surface area contributed by atoms with Crippen molar-refractivity contribution in [1.29, 1.82) is 0 Å². The highest BCUT2D eigenvalue weighted by Crippen LogP contribution is 2.37. The fourth-order valence-electron chi connectivity index (χ4n) is 3.77. The molecule has 0 bridgehead atoms. The molecule has 27 heavy (non-hydrogen) atoms. The number of rotatable bonds is 2. The van der Waals surface area contributed by atoms with Gasteiger partial charge in [-0.1, -0.05) is 23.2 Å². The van der Waals surface area contributed by atoms with Crippen molar-refractivity contribution in [1.82, 2.24) is 10.3 Å². The number of fused-ring (bicyclic) bond motifs is 3. The minimum atomic E-state index is -1.01. The summed E-state index contributed by atoms with van der Waals surface area (Å²) in [7, 11) is 0. The lowest BCUT2D eigenvalue weighted by molar-refractivity contribution is -0.122. The lowest BCUT2D eigenvalue weighted by Gasteiger charge is -2.37. The summed E-state index contributed by atoms with van der Waals surface area (Å²) in [5.41, 5.74) is 2.02. The third-order valence-electron chi connectivity index (χ3n) is 5.05. The predicted octanol–water partition coefficient (Wildman–Crippen LogP) is 5.00. The summed E-state index contributed by atoms with van der Waals surface area (Å²) < 4.78 is 14.0. The first-order chi connectivity index (χ1) is 12.8. The number of hydrogen-bond acceptors (Lipinski definition) is 2. The molecule has 2 atom stereocenters. The SMILES string of the molecule is C[C@H]1Cc2c([nH]c3cc(Cl)c(F)cc23)[C@](C)(C(=O)Nc2ccc(Cl)cc2)N1. The van der Waals surface area contributed by atoms with Gasteiger partial charge in [0.1, 0.15) is 11.4 Å². The van der Waals surface area contributed by atoms with Crippen molar-refractivity contribution in [3.05, 3.63) is 63.5 Å². The second-order valence-corrected chi connectivity index (χ2v) is 7.97. The summed E-state index contributed by atoms with van der Waals surface area (Å²) in [6.45, 7) is 3.82. The molecule has 0 fully saturated rings. The zero-order valence-electron chi connectivity index (χ0n) is 14.8. The molecule has 0 saturated heterocycles. The highest BCUT2D eigenvalue weighted by molar-refractivity contribution is 6.31. The van der Waals surface area contributed by atoms with E-state index < -0.39 is 11.4 Å². The standard InChI is InChI=1S/C20H18Cl2FN3O/c1-10-7-14-13-8-16(23)15(22)9-17(13)25-18(14)20(2,26-10)19(27)24-12-5-3-11(21)4-6-12/h3-6,8-10,25-26H,7H2,1-2H3,(H,24,27)/t10-,20+/m0/s1. The van der Waals surface area contributed by atoms with Crippen LogP contribution in [0.15, 0.2) is 36.4 Å². The van der Waals surface area contributed by atoms with Gasteiger partial charge in [-0.15, -0.1) is 0 Å². The maximum Gasteiger partial charge on any atom is 0.250 e. The fourth-order valence-corrected chi connectivity index (χ4v) is 4.06. The van der Waals surface area contributed by atoms with Gasteiger partial charge >= 0.3 is 0 Å². The molecule has 1 aliphatic heterocycles. The van der Waals surface area contributed by atoms with Crippen LogP contribution < -0.4 is 10.6 Å². The van der Waals surface area contributed by atoms with Crippen LogP contribution >= 0.6 is 23.2 Å². The molecule has 7 heteroatoms. The first-order valence-corrected chi connectivity index (χ1v) is 9.38. The molecule has 0 saturated carbocycles. The molecule has 2 heterocycles. The van der Waals surface area contributed by atoms with E-state index in [0.29, 0.717) is 22.6 Å². The second kappa shape index (κ2) is 6.51. The average molecular weight is 406 g/mol. The Labute approximate surface area is 166 Å². The number of carbonyl (C=O) groups excluding carboxylic acids is 1. The molecule has 1 amide bonds. The molecule has 0 spiro atoms. The monoisotopic (exact) mass is 405 g/mol. The second-order valence-electron chi connectivity index (χ2n) is 7.13. The van der Waals surface area contributed by atoms with Crippen LogP contribution in [0.1, 0.15) is 25.1 Å². The van der Waals surface area contributed by atoms with E-state index in [2.05, 4.69) is 15.6 Å². The van der Waals surface area contributed by atoms with Gasteiger partial charge in [-0.2, -0.15) is 0 Å². The van der Waals surface area contributed by atoms with E-state index in [1.807, 2.05) is 13.8 Å². The van der Waals surface area contributed by atoms with E-state index in [1.165, 1.54) is 6.07 Å². The summed E-state index contributed by atoms with van der Waals surface area (Å²) in [4.78, 5) is 16.4. The number of nitrogens with one attached hydrogen (secondary N) is 3. The van der Waals surface area contributed by atoms with E-state index in [1.54, 1.807) is 30.3 Å². The Balaban J connectivity index is 1.79. The maximum atomic E-state index is 14.0. The molecule has 1 aliphatic rings. The molecular formula is C20H18Cl2FN3O. The Kier molecular flexibility index (Phi) is 4.41. The molecular weight excluding hydrogens is 388 g/mol. The molecule has 0 unspecified atom stereocenters. The number of benzene rings is 2. The molecule has 2 aromatic carbocycles. The highest BCUT2D eigenvalue weighted by Gasteiger charge is 2.43. The third kappa shape index (κ3) is 3.10. The van der Waals surface area contributed by atoms with Gasteiger partial charge in [0.25, 0.3) is 5.91 Å². The quantitative estimate of drug-likeness (QED) is 0.561. The van der Waals surface area contributed by atoms with Crippen molar-refractivity contribution in [2.24, 2.45) is 0 Å². The zero-order valence-corrected chi connectivity index (χ0v) is 16.3. The van der Waals surface area contributed by atoms with Gasteiger partial charge in [0.05, 0.1) is 5.02 Å². The Morgan fingerprint density at radius 2 is 1.96 bits per heavy atom. The van der Waals surface area contributed by atoms with E-state index >= 15 is 0 Å². The molecule has 0 aliphatic carbocycles. The summed E-state index contributed by atoms with van der Waals surface area (Å²) >= 11 is 11.8. The van der Waals surface area contributed by atoms with Crippen LogP contribution in [0.5, 0.6) is 0 Å². The number of amides is 1. The largest absolute Gasteiger partial charge is 0.356 e. The number of aromatic amines is 1. The Morgan fingerprint density at radius 1 is 1.26 bits per heavy atom. The van der Waals surface area contributed by atoms with Crippen LogP contribution in [0.4, 0.5) is 10.1 Å². The summed E-state index contributed by atoms with van der Waals surface area (Å²) in [6.07, 6.45) is 0.681. The lowest BCUT2D eigenvalue weighted by atomic mass is 9.84. The predicted molar refractivity (Wildman–Crippen MR) is 107 cm³/mol. The van der Waals surface area contributed by atoms with Crippen molar-refractivity contribution < 1.29 is 9.18 Å². The van der Waals surface area contributed by atoms with E-state index in [-0.39, 0.29) is 17.0 Å². The van der Waals surface area contributed by atoms with Crippen molar-refractivity contribution in [3.63, 3.8) is 0 Å². The van der Waals surface area contributed by atoms with E-state index in [0.717, 1.165) is 16.6 Å². The lowest BCUT2D eigenvalue weighted by Crippen LogP contribution is -2.56. The highest BCUT2D eigenvalue weighted by atomic mass is 35.5. The Morgan fingerprint density at radius 3 is 2.67 bits per heavy atom. The maximum absolute atomic E-state index is 14.0. The first kappa shape index (κ1) is 18.3. The van der Waals surface area contributed by atoms with Crippen LogP contribution in [0, 0.1) is 5.82 Å². The first-order valence-electron chi connectivity index (χ1n) is 8.62. The normalized spacial score (nSPS) is 21.9. The number of carbonyl (C=O) groups is 1. The van der Waals surface area contributed by atoms with Crippen LogP contribution in [-0.4, -0.2) is 16.9 Å². The molecule has 3 N–H and O–H groups in total. The van der Waals surface area contributed by atoms with Gasteiger partial charge in [0.15, 0.2) is 0 Å². The number of anilines is 1. The molecule has 4 nitrogen and oxygen atoms in total. The smallest absolute Gasteiger partial charge is 0.250 e. The van der Waals surface area contributed by atoms with Crippen LogP contribution in [-0.2, 0) is 16.8 Å². The summed E-state index contributed by atoms with van der Waals surface area (Å²) in [5.74, 6) is -0.680. The topological polar surface area (TPSA) is 56.9 Å². The molecule has 140 valence electrons. The van der Waals surface area contributed by atoms with Crippen molar-refractivity contribution in [2.45, 2.75) is 31.8 Å². The Bertz CT molecular complexity index is 1050. The fraction of sp³-hybridized carbons (Fsp3) is 0.250. The van der Waals surface area contributed by atoms with Gasteiger partial charge < -0.3 is 10.3 Å². The Hall–Kier alpha value is -2.08. The molecule has 3 aromatic rings. The minimum absolute atomic E-state index is 0.0382. The molecule has 1 aromatic heterocycles. The average Bonchev–Trinajstić information content (AvgIpc) is 2.95. The minimum Gasteiger partial charge on any atom is -0.356 e. The summed E-state index contributed by atoms with van der Waals surface area (Å²) in [5, 5.41) is 7.71. The van der Waals surface area contributed by atoms with Crippen molar-refractivity contribution in [2.75, 3.05) is 5.32 Å². The van der Waals surface area contributed by atoms with Gasteiger partial charge in [-0.25, -0.2) is 4.39 Å². The number of halogens is 3. The van der Waals surface area contributed by atoms with Crippen molar-refractivity contribution >= 4 is 45.7 Å². The van der Waals surface area contributed by atoms with Gasteiger partial charge in [0, 0.05) is 33.3 Å². The summed E-state index contributed by atoms with van der Waals surface area (Å²) in [6, 6.07) is 9.96. The van der Waals surface area contributed by atoms with Gasteiger partial charge in [-0.3, -0.25) is 10.1 Å². The third-order valence-corrected chi connectivity index (χ3v) is 5.59. The number of H-pyrrole nitrogens is 1. The van der Waals surface area contributed by atoms with E-state index in [9.17, 15) is 9.18 Å².